The second-order valence-electron chi connectivity index (χ2n) is 5.23. The van der Waals surface area contributed by atoms with Gasteiger partial charge in [0.25, 0.3) is 0 Å². The molecule has 0 saturated heterocycles. The molecule has 1 aliphatic carbocycles. The Morgan fingerprint density at radius 3 is 2.89 bits per heavy atom. The van der Waals surface area contributed by atoms with Crippen LogP contribution in [-0.4, -0.2) is 5.11 Å². The minimum absolute atomic E-state index is 0.428. The van der Waals surface area contributed by atoms with E-state index in [-0.39, 0.29) is 0 Å². The SMILES string of the molecule is CCCc1cc(O)c2c3c(cccc13)CC(C)=C2. The van der Waals surface area contributed by atoms with Crippen LogP contribution in [0.5, 0.6) is 5.75 Å². The van der Waals surface area contributed by atoms with Crippen molar-refractivity contribution in [3.63, 3.8) is 0 Å². The molecule has 2 aromatic rings. The zero-order valence-electron chi connectivity index (χ0n) is 11.0. The van der Waals surface area contributed by atoms with Crippen molar-refractivity contribution >= 4 is 16.8 Å². The minimum Gasteiger partial charge on any atom is -0.507 e. The fourth-order valence-electron chi connectivity index (χ4n) is 3.00. The van der Waals surface area contributed by atoms with E-state index >= 15 is 0 Å². The summed E-state index contributed by atoms with van der Waals surface area (Å²) in [6.07, 6.45) is 5.25. The van der Waals surface area contributed by atoms with Crippen molar-refractivity contribution in [2.45, 2.75) is 33.1 Å². The van der Waals surface area contributed by atoms with E-state index in [1.165, 1.54) is 27.5 Å². The highest BCUT2D eigenvalue weighted by Gasteiger charge is 2.16. The molecule has 1 aliphatic rings. The molecule has 92 valence electrons. The first-order valence-corrected chi connectivity index (χ1v) is 6.64. The second-order valence-corrected chi connectivity index (χ2v) is 5.23. The summed E-state index contributed by atoms with van der Waals surface area (Å²) < 4.78 is 0. The fourth-order valence-corrected chi connectivity index (χ4v) is 3.00. The Morgan fingerprint density at radius 2 is 2.11 bits per heavy atom. The molecule has 0 radical (unpaired) electrons. The Hall–Kier alpha value is -1.76. The molecule has 0 spiro atoms. The summed E-state index contributed by atoms with van der Waals surface area (Å²) in [5, 5.41) is 12.8. The maximum absolute atomic E-state index is 10.2. The molecule has 0 unspecified atom stereocenters. The molecule has 0 amide bonds. The lowest BCUT2D eigenvalue weighted by molar-refractivity contribution is 0.474. The van der Waals surface area contributed by atoms with E-state index in [0.717, 1.165) is 24.8 Å². The van der Waals surface area contributed by atoms with Gasteiger partial charge in [0.2, 0.25) is 0 Å². The molecule has 0 heterocycles. The molecule has 18 heavy (non-hydrogen) atoms. The smallest absolute Gasteiger partial charge is 0.123 e. The lowest BCUT2D eigenvalue weighted by Gasteiger charge is -2.19. The van der Waals surface area contributed by atoms with Gasteiger partial charge >= 0.3 is 0 Å². The van der Waals surface area contributed by atoms with Crippen LogP contribution in [0.4, 0.5) is 0 Å². The lowest BCUT2D eigenvalue weighted by atomic mass is 9.86. The molecule has 0 saturated carbocycles. The van der Waals surface area contributed by atoms with Crippen LogP contribution < -0.4 is 0 Å². The summed E-state index contributed by atoms with van der Waals surface area (Å²) in [6.45, 7) is 4.30. The maximum Gasteiger partial charge on any atom is 0.123 e. The third-order valence-corrected chi connectivity index (χ3v) is 3.73. The van der Waals surface area contributed by atoms with Crippen molar-refractivity contribution in [2.75, 3.05) is 0 Å². The van der Waals surface area contributed by atoms with Crippen molar-refractivity contribution in [1.82, 2.24) is 0 Å². The normalized spacial score (nSPS) is 13.8. The van der Waals surface area contributed by atoms with E-state index in [2.05, 4.69) is 38.1 Å². The molecular formula is C17H18O. The van der Waals surface area contributed by atoms with Crippen LogP contribution in [-0.2, 0) is 12.8 Å². The average molecular weight is 238 g/mol. The van der Waals surface area contributed by atoms with Gasteiger partial charge in [0.1, 0.15) is 5.75 Å². The number of phenolic OH excluding ortho intramolecular Hbond substituents is 1. The summed E-state index contributed by atoms with van der Waals surface area (Å²) in [6, 6.07) is 8.44. The van der Waals surface area contributed by atoms with Gasteiger partial charge in [-0.2, -0.15) is 0 Å². The first kappa shape index (κ1) is 11.3. The summed E-state index contributed by atoms with van der Waals surface area (Å²) in [7, 11) is 0. The monoisotopic (exact) mass is 238 g/mol. The van der Waals surface area contributed by atoms with Crippen LogP contribution >= 0.6 is 0 Å². The van der Waals surface area contributed by atoms with E-state index in [1.54, 1.807) is 0 Å². The van der Waals surface area contributed by atoms with Gasteiger partial charge in [-0.25, -0.2) is 0 Å². The van der Waals surface area contributed by atoms with Gasteiger partial charge in [0.05, 0.1) is 0 Å². The Balaban J connectivity index is 2.40. The Kier molecular flexibility index (Phi) is 2.62. The first-order valence-electron chi connectivity index (χ1n) is 6.64. The standard InChI is InChI=1S/C17H18O/c1-3-5-12-10-16(18)15-9-11(2)8-13-6-4-7-14(12)17(13)15/h4,6-7,9-10,18H,3,5,8H2,1-2H3. The van der Waals surface area contributed by atoms with Gasteiger partial charge in [-0.3, -0.25) is 0 Å². The van der Waals surface area contributed by atoms with Gasteiger partial charge in [-0.05, 0) is 47.7 Å². The van der Waals surface area contributed by atoms with Crippen molar-refractivity contribution < 1.29 is 5.11 Å². The van der Waals surface area contributed by atoms with Crippen molar-refractivity contribution in [2.24, 2.45) is 0 Å². The predicted octanol–water partition coefficient (Wildman–Crippen LogP) is 4.46. The highest BCUT2D eigenvalue weighted by molar-refractivity contribution is 5.99. The Bertz CT molecular complexity index is 650. The number of allylic oxidation sites excluding steroid dienone is 1. The van der Waals surface area contributed by atoms with Crippen LogP contribution in [0.2, 0.25) is 0 Å². The van der Waals surface area contributed by atoms with Crippen LogP contribution in [0.25, 0.3) is 16.8 Å². The molecule has 3 rings (SSSR count). The molecular weight excluding hydrogens is 220 g/mol. The largest absolute Gasteiger partial charge is 0.507 e. The summed E-state index contributed by atoms with van der Waals surface area (Å²) in [5.41, 5.74) is 4.93. The van der Waals surface area contributed by atoms with Gasteiger partial charge in [-0.15, -0.1) is 0 Å². The number of hydrogen-bond acceptors (Lipinski definition) is 1. The van der Waals surface area contributed by atoms with Gasteiger partial charge in [-0.1, -0.05) is 43.2 Å². The number of phenols is 1. The predicted molar refractivity (Wildman–Crippen MR) is 77.0 cm³/mol. The molecule has 0 atom stereocenters. The van der Waals surface area contributed by atoms with E-state index in [4.69, 9.17) is 0 Å². The number of benzene rings is 2. The van der Waals surface area contributed by atoms with E-state index in [0.29, 0.717) is 5.75 Å². The molecule has 0 aromatic heterocycles. The number of hydrogen-bond donors (Lipinski definition) is 1. The average Bonchev–Trinajstić information content (AvgIpc) is 2.35. The minimum atomic E-state index is 0.428. The maximum atomic E-state index is 10.2. The van der Waals surface area contributed by atoms with Crippen molar-refractivity contribution in [3.05, 3.63) is 46.5 Å². The highest BCUT2D eigenvalue weighted by atomic mass is 16.3. The third-order valence-electron chi connectivity index (χ3n) is 3.73. The van der Waals surface area contributed by atoms with Crippen LogP contribution in [0, 0.1) is 0 Å². The third kappa shape index (κ3) is 1.62. The molecule has 0 fully saturated rings. The van der Waals surface area contributed by atoms with E-state index in [1.807, 2.05) is 6.07 Å². The Morgan fingerprint density at radius 1 is 1.28 bits per heavy atom. The van der Waals surface area contributed by atoms with E-state index in [9.17, 15) is 5.11 Å². The number of aryl methyl sites for hydroxylation is 1. The van der Waals surface area contributed by atoms with Crippen molar-refractivity contribution in [3.8, 4) is 5.75 Å². The quantitative estimate of drug-likeness (QED) is 0.819. The van der Waals surface area contributed by atoms with Gasteiger partial charge in [0.15, 0.2) is 0 Å². The zero-order chi connectivity index (χ0) is 12.7. The topological polar surface area (TPSA) is 20.2 Å². The summed E-state index contributed by atoms with van der Waals surface area (Å²) in [4.78, 5) is 0. The van der Waals surface area contributed by atoms with Crippen LogP contribution in [0.1, 0.15) is 37.0 Å². The van der Waals surface area contributed by atoms with Crippen molar-refractivity contribution in [1.29, 1.82) is 0 Å². The molecule has 0 bridgehead atoms. The van der Waals surface area contributed by atoms with Gasteiger partial charge in [0, 0.05) is 5.56 Å². The number of rotatable bonds is 2. The summed E-state index contributed by atoms with van der Waals surface area (Å²) in [5.74, 6) is 0.428. The summed E-state index contributed by atoms with van der Waals surface area (Å²) >= 11 is 0. The molecule has 1 heteroatoms. The Labute approximate surface area is 108 Å². The molecule has 2 aromatic carbocycles. The first-order chi connectivity index (χ1) is 8.70. The second kappa shape index (κ2) is 4.16. The molecule has 1 nitrogen and oxygen atoms in total. The molecule has 0 aliphatic heterocycles. The highest BCUT2D eigenvalue weighted by Crippen LogP contribution is 2.38. The molecule has 1 N–H and O–H groups in total. The van der Waals surface area contributed by atoms with Gasteiger partial charge < -0.3 is 5.11 Å². The van der Waals surface area contributed by atoms with Crippen LogP contribution in [0.3, 0.4) is 0 Å². The van der Waals surface area contributed by atoms with E-state index < -0.39 is 0 Å². The lowest BCUT2D eigenvalue weighted by Crippen LogP contribution is -1.99. The number of aromatic hydroxyl groups is 1. The van der Waals surface area contributed by atoms with Crippen LogP contribution in [0.15, 0.2) is 29.8 Å². The fraction of sp³-hybridized carbons (Fsp3) is 0.294. The zero-order valence-corrected chi connectivity index (χ0v) is 11.0.